The Hall–Kier alpha value is -1.65. The van der Waals surface area contributed by atoms with E-state index in [9.17, 15) is 4.79 Å². The van der Waals surface area contributed by atoms with Gasteiger partial charge >= 0.3 is 5.97 Å². The molecule has 1 heterocycles. The molecule has 1 aromatic heterocycles. The van der Waals surface area contributed by atoms with Crippen LogP contribution in [0.5, 0.6) is 0 Å². The fraction of sp³-hybridized carbons (Fsp3) is 0.667. The third-order valence-corrected chi connectivity index (χ3v) is 3.78. The lowest BCUT2D eigenvalue weighted by Gasteiger charge is -2.45. The topological polar surface area (TPSA) is 75.1 Å². The SMILES string of the molecule is CC1(C)CC(Nc2cnc(C(=O)O)cn2)CC(C)(C)C1. The standard InChI is InChI=1S/C15H23N3O2/c1-14(2)5-10(6-15(3,4)9-14)18-12-8-16-11(7-17-12)13(19)20/h7-8,10H,5-6,9H2,1-4H3,(H,17,18)(H,19,20). The second-order valence-corrected chi connectivity index (χ2v) is 7.35. The molecule has 5 heteroatoms. The van der Waals surface area contributed by atoms with Crippen LogP contribution >= 0.6 is 0 Å². The highest BCUT2D eigenvalue weighted by atomic mass is 16.4. The predicted octanol–water partition coefficient (Wildman–Crippen LogP) is 3.19. The molecular weight excluding hydrogens is 254 g/mol. The number of hydrogen-bond donors (Lipinski definition) is 2. The van der Waals surface area contributed by atoms with Gasteiger partial charge in [-0.05, 0) is 30.1 Å². The summed E-state index contributed by atoms with van der Waals surface area (Å²) in [5, 5.41) is 12.2. The minimum Gasteiger partial charge on any atom is -0.476 e. The molecule has 0 bridgehead atoms. The maximum atomic E-state index is 10.7. The van der Waals surface area contributed by atoms with Gasteiger partial charge in [0.2, 0.25) is 0 Å². The van der Waals surface area contributed by atoms with Crippen molar-refractivity contribution in [2.45, 2.75) is 53.0 Å². The lowest BCUT2D eigenvalue weighted by Crippen LogP contribution is -2.40. The minimum absolute atomic E-state index is 0.0279. The van der Waals surface area contributed by atoms with Crippen molar-refractivity contribution in [2.24, 2.45) is 10.8 Å². The third kappa shape index (κ3) is 3.68. The van der Waals surface area contributed by atoms with Crippen LogP contribution in [0.15, 0.2) is 12.4 Å². The van der Waals surface area contributed by atoms with Crippen molar-refractivity contribution < 1.29 is 9.90 Å². The smallest absolute Gasteiger partial charge is 0.356 e. The highest BCUT2D eigenvalue weighted by Crippen LogP contribution is 2.46. The first-order valence-electron chi connectivity index (χ1n) is 6.99. The summed E-state index contributed by atoms with van der Waals surface area (Å²) in [6.07, 6.45) is 6.17. The molecule has 2 N–H and O–H groups in total. The first-order chi connectivity index (χ1) is 9.17. The lowest BCUT2D eigenvalue weighted by atomic mass is 9.63. The van der Waals surface area contributed by atoms with Crippen LogP contribution in [0, 0.1) is 10.8 Å². The van der Waals surface area contributed by atoms with Gasteiger partial charge in [0.25, 0.3) is 0 Å². The number of nitrogens with zero attached hydrogens (tertiary/aromatic N) is 2. The van der Waals surface area contributed by atoms with E-state index in [0.717, 1.165) is 12.8 Å². The number of carboxylic acids is 1. The van der Waals surface area contributed by atoms with Gasteiger partial charge in [0.1, 0.15) is 5.82 Å². The van der Waals surface area contributed by atoms with Gasteiger partial charge in [0.15, 0.2) is 5.69 Å². The average molecular weight is 277 g/mol. The van der Waals surface area contributed by atoms with E-state index in [1.54, 1.807) is 0 Å². The molecule has 1 aliphatic carbocycles. The summed E-state index contributed by atoms with van der Waals surface area (Å²) in [6, 6.07) is 0.346. The Morgan fingerprint density at radius 2 is 1.80 bits per heavy atom. The molecule has 1 fully saturated rings. The molecule has 0 aromatic carbocycles. The fourth-order valence-corrected chi connectivity index (χ4v) is 3.67. The van der Waals surface area contributed by atoms with E-state index < -0.39 is 5.97 Å². The van der Waals surface area contributed by atoms with Crippen LogP contribution in [-0.4, -0.2) is 27.1 Å². The van der Waals surface area contributed by atoms with Crippen molar-refractivity contribution in [3.05, 3.63) is 18.1 Å². The Bertz CT molecular complexity index is 478. The summed E-state index contributed by atoms with van der Waals surface area (Å²) in [6.45, 7) is 9.17. The lowest BCUT2D eigenvalue weighted by molar-refractivity contribution is 0.0690. The predicted molar refractivity (Wildman–Crippen MR) is 77.8 cm³/mol. The van der Waals surface area contributed by atoms with Gasteiger partial charge < -0.3 is 10.4 Å². The molecule has 0 aliphatic heterocycles. The maximum Gasteiger partial charge on any atom is 0.356 e. The van der Waals surface area contributed by atoms with Crippen LogP contribution in [0.4, 0.5) is 5.82 Å². The zero-order valence-corrected chi connectivity index (χ0v) is 12.6. The van der Waals surface area contributed by atoms with Crippen molar-refractivity contribution in [1.82, 2.24) is 9.97 Å². The number of aromatic carboxylic acids is 1. The molecule has 0 radical (unpaired) electrons. The second-order valence-electron chi connectivity index (χ2n) is 7.35. The van der Waals surface area contributed by atoms with Crippen LogP contribution in [0.3, 0.4) is 0 Å². The Balaban J connectivity index is 2.07. The van der Waals surface area contributed by atoms with Crippen molar-refractivity contribution in [3.63, 3.8) is 0 Å². The van der Waals surface area contributed by atoms with Crippen LogP contribution < -0.4 is 5.32 Å². The van der Waals surface area contributed by atoms with Crippen LogP contribution in [-0.2, 0) is 0 Å². The van der Waals surface area contributed by atoms with Gasteiger partial charge in [-0.1, -0.05) is 27.7 Å². The van der Waals surface area contributed by atoms with E-state index in [-0.39, 0.29) is 5.69 Å². The van der Waals surface area contributed by atoms with Gasteiger partial charge in [-0.2, -0.15) is 0 Å². The number of hydrogen-bond acceptors (Lipinski definition) is 4. The highest BCUT2D eigenvalue weighted by molar-refractivity contribution is 5.84. The third-order valence-electron chi connectivity index (χ3n) is 3.78. The van der Waals surface area contributed by atoms with E-state index in [4.69, 9.17) is 5.11 Å². The molecule has 1 aliphatic rings. The zero-order chi connectivity index (χ0) is 15.0. The maximum absolute atomic E-state index is 10.7. The molecule has 0 atom stereocenters. The first-order valence-corrected chi connectivity index (χ1v) is 6.99. The summed E-state index contributed by atoms with van der Waals surface area (Å²) < 4.78 is 0. The van der Waals surface area contributed by atoms with Gasteiger partial charge in [-0.25, -0.2) is 14.8 Å². The molecule has 1 aromatic rings. The van der Waals surface area contributed by atoms with E-state index in [1.165, 1.54) is 18.8 Å². The van der Waals surface area contributed by atoms with Gasteiger partial charge in [0, 0.05) is 6.04 Å². The Morgan fingerprint density at radius 1 is 1.20 bits per heavy atom. The number of carbonyl (C=O) groups is 1. The molecule has 5 nitrogen and oxygen atoms in total. The minimum atomic E-state index is -1.05. The van der Waals surface area contributed by atoms with Gasteiger partial charge in [0.05, 0.1) is 12.4 Å². The number of anilines is 1. The van der Waals surface area contributed by atoms with E-state index in [2.05, 4.69) is 43.0 Å². The molecule has 1 saturated carbocycles. The summed E-state index contributed by atoms with van der Waals surface area (Å²) in [4.78, 5) is 18.8. The zero-order valence-electron chi connectivity index (χ0n) is 12.6. The molecule has 0 saturated heterocycles. The van der Waals surface area contributed by atoms with E-state index >= 15 is 0 Å². The van der Waals surface area contributed by atoms with Crippen LogP contribution in [0.1, 0.15) is 57.4 Å². The molecule has 110 valence electrons. The summed E-state index contributed by atoms with van der Waals surface area (Å²) in [7, 11) is 0. The van der Waals surface area contributed by atoms with Crippen molar-refractivity contribution in [3.8, 4) is 0 Å². The normalized spacial score (nSPS) is 21.4. The van der Waals surface area contributed by atoms with E-state index in [0.29, 0.717) is 22.7 Å². The Labute approximate surface area is 119 Å². The molecule has 0 spiro atoms. The summed E-state index contributed by atoms with van der Waals surface area (Å²) in [5.41, 5.74) is 0.571. The second kappa shape index (κ2) is 5.04. The molecule has 0 unspecified atom stereocenters. The summed E-state index contributed by atoms with van der Waals surface area (Å²) in [5.74, 6) is -0.405. The number of rotatable bonds is 3. The van der Waals surface area contributed by atoms with E-state index in [1.807, 2.05) is 0 Å². The molecular formula is C15H23N3O2. The Kier molecular flexibility index (Phi) is 3.71. The molecule has 0 amide bonds. The molecule has 2 rings (SSSR count). The number of carboxylic acid groups (broad SMARTS) is 1. The fourth-order valence-electron chi connectivity index (χ4n) is 3.67. The number of aromatic nitrogens is 2. The van der Waals surface area contributed by atoms with Crippen molar-refractivity contribution in [1.29, 1.82) is 0 Å². The van der Waals surface area contributed by atoms with Crippen molar-refractivity contribution >= 4 is 11.8 Å². The average Bonchev–Trinajstić information content (AvgIpc) is 2.25. The van der Waals surface area contributed by atoms with Gasteiger partial charge in [-0.15, -0.1) is 0 Å². The number of nitrogens with one attached hydrogen (secondary N) is 1. The quantitative estimate of drug-likeness (QED) is 0.887. The van der Waals surface area contributed by atoms with Crippen molar-refractivity contribution in [2.75, 3.05) is 5.32 Å². The Morgan fingerprint density at radius 3 is 2.25 bits per heavy atom. The summed E-state index contributed by atoms with van der Waals surface area (Å²) >= 11 is 0. The monoisotopic (exact) mass is 277 g/mol. The highest BCUT2D eigenvalue weighted by Gasteiger charge is 2.38. The first kappa shape index (κ1) is 14.8. The van der Waals surface area contributed by atoms with Gasteiger partial charge in [-0.3, -0.25) is 0 Å². The van der Waals surface area contributed by atoms with Crippen LogP contribution in [0.2, 0.25) is 0 Å². The largest absolute Gasteiger partial charge is 0.476 e. The van der Waals surface area contributed by atoms with Crippen LogP contribution in [0.25, 0.3) is 0 Å². The molecule has 20 heavy (non-hydrogen) atoms.